The molecule has 0 aliphatic carbocycles. The van der Waals surface area contributed by atoms with Gasteiger partial charge in [-0.05, 0) is 6.42 Å². The number of aliphatic hydroxyl groups is 1. The Morgan fingerprint density at radius 3 is 2.00 bits per heavy atom. The quantitative estimate of drug-likeness (QED) is 0.469. The fraction of sp³-hybridized carbons (Fsp3) is 0.929. The molecule has 0 spiro atoms. The standard InChI is InChI=1S/C14H29NO3/c1-5-6-7-8-9-10-11-14(12-16,13(17)18)15(2,3)4/h16H,5-12H2,1-4H3. The van der Waals surface area contributed by atoms with Gasteiger partial charge < -0.3 is 19.5 Å². The molecule has 0 fully saturated rings. The van der Waals surface area contributed by atoms with Crippen LogP contribution in [0.25, 0.3) is 0 Å². The minimum absolute atomic E-state index is 0.195. The van der Waals surface area contributed by atoms with E-state index >= 15 is 0 Å². The van der Waals surface area contributed by atoms with Gasteiger partial charge in [-0.15, -0.1) is 0 Å². The zero-order valence-corrected chi connectivity index (χ0v) is 12.4. The highest BCUT2D eigenvalue weighted by molar-refractivity contribution is 5.75. The van der Waals surface area contributed by atoms with Gasteiger partial charge in [0.2, 0.25) is 0 Å². The van der Waals surface area contributed by atoms with Crippen LogP contribution in [0.1, 0.15) is 51.9 Å². The van der Waals surface area contributed by atoms with E-state index in [-0.39, 0.29) is 11.1 Å². The van der Waals surface area contributed by atoms with Crippen LogP contribution >= 0.6 is 0 Å². The van der Waals surface area contributed by atoms with E-state index < -0.39 is 11.5 Å². The number of hydrogen-bond acceptors (Lipinski definition) is 3. The third-order valence-electron chi connectivity index (χ3n) is 3.87. The van der Waals surface area contributed by atoms with Crippen molar-refractivity contribution in [3.8, 4) is 0 Å². The van der Waals surface area contributed by atoms with Gasteiger partial charge in [0.25, 0.3) is 0 Å². The number of unbranched alkanes of at least 4 members (excludes halogenated alkanes) is 5. The molecule has 0 saturated carbocycles. The number of nitrogens with zero attached hydrogens (tertiary/aromatic N) is 1. The van der Waals surface area contributed by atoms with Crippen LogP contribution in [0.15, 0.2) is 0 Å². The molecule has 0 aromatic rings. The van der Waals surface area contributed by atoms with E-state index in [1.165, 1.54) is 19.3 Å². The van der Waals surface area contributed by atoms with Crippen molar-refractivity contribution in [3.05, 3.63) is 0 Å². The lowest BCUT2D eigenvalue weighted by atomic mass is 9.89. The summed E-state index contributed by atoms with van der Waals surface area (Å²) in [4.78, 5) is 11.4. The molecule has 0 rings (SSSR count). The van der Waals surface area contributed by atoms with Crippen molar-refractivity contribution in [2.45, 2.75) is 57.4 Å². The van der Waals surface area contributed by atoms with Crippen molar-refractivity contribution in [3.63, 3.8) is 0 Å². The number of carbonyl (C=O) groups excluding carboxylic acids is 1. The highest BCUT2D eigenvalue weighted by Gasteiger charge is 2.43. The third kappa shape index (κ3) is 4.58. The summed E-state index contributed by atoms with van der Waals surface area (Å²) in [6.45, 7) is 1.80. The Bertz CT molecular complexity index is 248. The topological polar surface area (TPSA) is 60.4 Å². The summed E-state index contributed by atoms with van der Waals surface area (Å²) in [7, 11) is 5.38. The fourth-order valence-electron chi connectivity index (χ4n) is 2.26. The lowest BCUT2D eigenvalue weighted by molar-refractivity contribution is -0.917. The van der Waals surface area contributed by atoms with E-state index in [1.54, 1.807) is 21.1 Å². The number of carbonyl (C=O) groups is 1. The van der Waals surface area contributed by atoms with Crippen LogP contribution in [0.4, 0.5) is 0 Å². The Morgan fingerprint density at radius 2 is 1.61 bits per heavy atom. The lowest BCUT2D eigenvalue weighted by Gasteiger charge is -2.45. The second-order valence-electron chi connectivity index (χ2n) is 6.01. The van der Waals surface area contributed by atoms with E-state index in [0.29, 0.717) is 6.42 Å². The SMILES string of the molecule is CCCCCCCCC(CO)(C(=O)[O-])[N+](C)(C)C. The number of rotatable bonds is 10. The maximum Gasteiger partial charge on any atom is 0.162 e. The van der Waals surface area contributed by atoms with Gasteiger partial charge in [0, 0.05) is 6.42 Å². The summed E-state index contributed by atoms with van der Waals surface area (Å²) in [6.07, 6.45) is 7.11. The van der Waals surface area contributed by atoms with E-state index in [0.717, 1.165) is 19.3 Å². The molecule has 0 aromatic heterocycles. The van der Waals surface area contributed by atoms with Crippen molar-refractivity contribution in [2.24, 2.45) is 0 Å². The minimum Gasteiger partial charge on any atom is -0.544 e. The molecular formula is C14H29NO3. The molecule has 0 aliphatic heterocycles. The molecule has 18 heavy (non-hydrogen) atoms. The zero-order valence-electron chi connectivity index (χ0n) is 12.4. The minimum atomic E-state index is -1.18. The Kier molecular flexibility index (Phi) is 7.48. The molecule has 0 amide bonds. The summed E-state index contributed by atoms with van der Waals surface area (Å²) in [5.41, 5.74) is -1.18. The maximum absolute atomic E-state index is 11.4. The smallest absolute Gasteiger partial charge is 0.162 e. The second kappa shape index (κ2) is 7.74. The molecule has 108 valence electrons. The van der Waals surface area contributed by atoms with Crippen LogP contribution in [-0.2, 0) is 4.79 Å². The van der Waals surface area contributed by atoms with Crippen molar-refractivity contribution >= 4 is 5.97 Å². The lowest BCUT2D eigenvalue weighted by Crippen LogP contribution is -2.68. The molecule has 0 saturated heterocycles. The molecule has 0 aliphatic rings. The Balaban J connectivity index is 4.32. The second-order valence-corrected chi connectivity index (χ2v) is 6.01. The van der Waals surface area contributed by atoms with Gasteiger partial charge in [-0.2, -0.15) is 0 Å². The van der Waals surface area contributed by atoms with Gasteiger partial charge in [0.05, 0.1) is 21.1 Å². The van der Waals surface area contributed by atoms with Gasteiger partial charge in [-0.1, -0.05) is 39.0 Å². The van der Waals surface area contributed by atoms with Crippen molar-refractivity contribution in [2.75, 3.05) is 27.7 Å². The first-order valence-corrected chi connectivity index (χ1v) is 6.95. The largest absolute Gasteiger partial charge is 0.544 e. The first-order chi connectivity index (χ1) is 8.31. The molecule has 1 unspecified atom stereocenters. The van der Waals surface area contributed by atoms with Crippen molar-refractivity contribution in [1.29, 1.82) is 0 Å². The maximum atomic E-state index is 11.4. The number of quaternary nitrogens is 1. The summed E-state index contributed by atoms with van der Waals surface area (Å²) < 4.78 is 0.195. The predicted octanol–water partition coefficient (Wildman–Crippen LogP) is 0.924. The highest BCUT2D eigenvalue weighted by atomic mass is 16.4. The van der Waals surface area contributed by atoms with Crippen LogP contribution in [0, 0.1) is 0 Å². The van der Waals surface area contributed by atoms with E-state index in [2.05, 4.69) is 6.92 Å². The fourth-order valence-corrected chi connectivity index (χ4v) is 2.26. The Labute approximate surface area is 111 Å². The molecule has 0 heterocycles. The van der Waals surface area contributed by atoms with Gasteiger partial charge >= 0.3 is 0 Å². The number of carboxylic acid groups (broad SMARTS) is 1. The van der Waals surface area contributed by atoms with E-state index in [1.807, 2.05) is 0 Å². The van der Waals surface area contributed by atoms with E-state index in [9.17, 15) is 15.0 Å². The third-order valence-corrected chi connectivity index (χ3v) is 3.87. The van der Waals surface area contributed by atoms with Crippen LogP contribution in [-0.4, -0.2) is 48.8 Å². The van der Waals surface area contributed by atoms with Gasteiger partial charge in [-0.25, -0.2) is 0 Å². The molecular weight excluding hydrogens is 230 g/mol. The summed E-state index contributed by atoms with van der Waals surface area (Å²) in [5, 5.41) is 20.9. The van der Waals surface area contributed by atoms with Crippen LogP contribution in [0.2, 0.25) is 0 Å². The predicted molar refractivity (Wildman–Crippen MR) is 70.8 cm³/mol. The van der Waals surface area contributed by atoms with Crippen molar-refractivity contribution < 1.29 is 19.5 Å². The molecule has 0 aromatic carbocycles. The molecule has 4 heteroatoms. The summed E-state index contributed by atoms with van der Waals surface area (Å²) in [5.74, 6) is -1.15. The Hall–Kier alpha value is -0.610. The molecule has 4 nitrogen and oxygen atoms in total. The molecule has 1 atom stereocenters. The number of likely N-dealkylation sites (N-methyl/N-ethyl adjacent to an activating group) is 1. The zero-order chi connectivity index (χ0) is 14.2. The van der Waals surface area contributed by atoms with E-state index in [4.69, 9.17) is 0 Å². The average Bonchev–Trinajstić information content (AvgIpc) is 2.26. The van der Waals surface area contributed by atoms with Crippen LogP contribution < -0.4 is 5.11 Å². The number of aliphatic carboxylic acids is 1. The highest BCUT2D eigenvalue weighted by Crippen LogP contribution is 2.25. The number of aliphatic hydroxyl groups excluding tert-OH is 1. The van der Waals surface area contributed by atoms with Gasteiger partial charge in [0.15, 0.2) is 5.54 Å². The summed E-state index contributed by atoms with van der Waals surface area (Å²) in [6, 6.07) is 0. The molecule has 1 N–H and O–H groups in total. The van der Waals surface area contributed by atoms with Crippen LogP contribution in [0.5, 0.6) is 0 Å². The molecule has 0 bridgehead atoms. The molecule has 0 radical (unpaired) electrons. The Morgan fingerprint density at radius 1 is 1.11 bits per heavy atom. The average molecular weight is 259 g/mol. The van der Waals surface area contributed by atoms with Gasteiger partial charge in [-0.3, -0.25) is 0 Å². The van der Waals surface area contributed by atoms with Crippen LogP contribution in [0.3, 0.4) is 0 Å². The number of carboxylic acids is 1. The van der Waals surface area contributed by atoms with Crippen molar-refractivity contribution in [1.82, 2.24) is 0 Å². The number of hydrogen-bond donors (Lipinski definition) is 1. The first kappa shape index (κ1) is 17.4. The monoisotopic (exact) mass is 259 g/mol. The summed E-state index contributed by atoms with van der Waals surface area (Å²) >= 11 is 0. The van der Waals surface area contributed by atoms with Gasteiger partial charge in [0.1, 0.15) is 12.6 Å². The first-order valence-electron chi connectivity index (χ1n) is 6.95. The normalized spacial score (nSPS) is 15.4.